The Morgan fingerprint density at radius 1 is 0.972 bits per heavy atom. The van der Waals surface area contributed by atoms with Gasteiger partial charge in [0.1, 0.15) is 12.4 Å². The molecule has 0 atom stereocenters. The lowest BCUT2D eigenvalue weighted by Crippen LogP contribution is -2.22. The number of ether oxygens (including phenoxy) is 1. The molecule has 5 rings (SSSR count). The van der Waals surface area contributed by atoms with E-state index in [4.69, 9.17) is 27.9 Å². The minimum atomic E-state index is -0.536. The highest BCUT2D eigenvalue weighted by Gasteiger charge is 2.22. The number of aromatic nitrogens is 1. The first-order valence-corrected chi connectivity index (χ1v) is 12.4. The number of hydrogen-bond donors (Lipinski definition) is 1. The Labute approximate surface area is 218 Å². The Balaban J connectivity index is 1.32. The van der Waals surface area contributed by atoms with Gasteiger partial charge >= 0.3 is 0 Å². The molecule has 1 amide bonds. The Bertz CT molecular complexity index is 1410. The van der Waals surface area contributed by atoms with Crippen LogP contribution < -0.4 is 4.74 Å². The van der Waals surface area contributed by atoms with E-state index in [1.54, 1.807) is 34.9 Å². The Morgan fingerprint density at radius 2 is 1.69 bits per heavy atom. The van der Waals surface area contributed by atoms with Crippen LogP contribution in [0.3, 0.4) is 0 Å². The van der Waals surface area contributed by atoms with Gasteiger partial charge in [0, 0.05) is 10.6 Å². The Hall–Kier alpha value is -3.39. The van der Waals surface area contributed by atoms with Crippen LogP contribution in [0.25, 0.3) is 10.9 Å². The lowest BCUT2D eigenvalue weighted by Gasteiger charge is -2.17. The van der Waals surface area contributed by atoms with E-state index in [1.165, 1.54) is 0 Å². The molecule has 7 nitrogen and oxygen atoms in total. The van der Waals surface area contributed by atoms with Crippen LogP contribution in [0, 0.1) is 0 Å². The zero-order valence-corrected chi connectivity index (χ0v) is 20.9. The Kier molecular flexibility index (Phi) is 7.23. The predicted molar refractivity (Wildman–Crippen MR) is 140 cm³/mol. The minimum absolute atomic E-state index is 0.0625. The third-order valence-corrected chi connectivity index (χ3v) is 6.75. The molecular weight excluding hydrogens is 499 g/mol. The summed E-state index contributed by atoms with van der Waals surface area (Å²) in [7, 11) is 0. The minimum Gasteiger partial charge on any atom is -0.493 e. The van der Waals surface area contributed by atoms with E-state index in [0.717, 1.165) is 37.0 Å². The van der Waals surface area contributed by atoms with Crippen LogP contribution in [-0.2, 0) is 13.3 Å². The fraction of sp³-hybridized carbons (Fsp3) is 0.222. The maximum absolute atomic E-state index is 12.7. The molecule has 0 spiro atoms. The summed E-state index contributed by atoms with van der Waals surface area (Å²) in [5.74, 6) is 0.0199. The van der Waals surface area contributed by atoms with Crippen LogP contribution in [0.1, 0.15) is 28.8 Å². The molecule has 1 saturated heterocycles. The average Bonchev–Trinajstić information content (AvgIpc) is 3.50. The standard InChI is InChI=1S/C27H24Cl2N4O3/c28-20-10-6-18(7-11-20)16-36-21-12-8-19(9-13-21)26(34)31-30-25-24-22(29)4-3-5-23(24)33(27(25)35)17-32-14-1-2-15-32/h3-13,35H,1-2,14-17H2. The van der Waals surface area contributed by atoms with E-state index in [2.05, 4.69) is 15.1 Å². The smallest absolute Gasteiger partial charge is 0.295 e. The van der Waals surface area contributed by atoms with Gasteiger partial charge in [0.15, 0.2) is 5.69 Å². The lowest BCUT2D eigenvalue weighted by molar-refractivity contribution is 0.0995. The molecule has 9 heteroatoms. The third kappa shape index (κ3) is 5.23. The number of azo groups is 1. The number of hydrogen-bond acceptors (Lipinski definition) is 5. The van der Waals surface area contributed by atoms with Gasteiger partial charge < -0.3 is 9.84 Å². The zero-order chi connectivity index (χ0) is 25.1. The molecule has 1 aliphatic rings. The van der Waals surface area contributed by atoms with Crippen molar-refractivity contribution in [3.05, 3.63) is 87.9 Å². The Morgan fingerprint density at radius 3 is 2.42 bits per heavy atom. The highest BCUT2D eigenvalue weighted by molar-refractivity contribution is 6.36. The summed E-state index contributed by atoms with van der Waals surface area (Å²) in [6.45, 7) is 2.83. The van der Waals surface area contributed by atoms with Gasteiger partial charge in [0.25, 0.3) is 5.91 Å². The normalized spacial score (nSPS) is 14.2. The summed E-state index contributed by atoms with van der Waals surface area (Å²) in [4.78, 5) is 15.0. The van der Waals surface area contributed by atoms with Gasteiger partial charge in [-0.1, -0.05) is 41.4 Å². The number of nitrogens with zero attached hydrogens (tertiary/aromatic N) is 4. The zero-order valence-electron chi connectivity index (χ0n) is 19.4. The van der Waals surface area contributed by atoms with E-state index >= 15 is 0 Å². The summed E-state index contributed by atoms with van der Waals surface area (Å²) >= 11 is 12.4. The molecule has 0 bridgehead atoms. The van der Waals surface area contributed by atoms with Crippen molar-refractivity contribution in [1.29, 1.82) is 0 Å². The number of rotatable bonds is 7. The number of amides is 1. The second-order valence-electron chi connectivity index (χ2n) is 8.65. The van der Waals surface area contributed by atoms with E-state index < -0.39 is 5.91 Å². The molecule has 1 N–H and O–H groups in total. The lowest BCUT2D eigenvalue weighted by atomic mass is 10.2. The van der Waals surface area contributed by atoms with E-state index in [-0.39, 0.29) is 11.6 Å². The van der Waals surface area contributed by atoms with Crippen molar-refractivity contribution in [1.82, 2.24) is 9.47 Å². The van der Waals surface area contributed by atoms with Gasteiger partial charge in [0.2, 0.25) is 5.88 Å². The van der Waals surface area contributed by atoms with Gasteiger partial charge in [-0.15, -0.1) is 10.2 Å². The molecule has 184 valence electrons. The number of carbonyl (C=O) groups is 1. The molecule has 2 heterocycles. The number of aromatic hydroxyl groups is 1. The van der Waals surface area contributed by atoms with E-state index in [0.29, 0.717) is 40.0 Å². The molecular formula is C27H24Cl2N4O3. The highest BCUT2D eigenvalue weighted by atomic mass is 35.5. The fourth-order valence-electron chi connectivity index (χ4n) is 4.28. The largest absolute Gasteiger partial charge is 0.493 e. The summed E-state index contributed by atoms with van der Waals surface area (Å²) in [6.07, 6.45) is 2.26. The van der Waals surface area contributed by atoms with E-state index in [9.17, 15) is 9.90 Å². The molecule has 1 aliphatic heterocycles. The highest BCUT2D eigenvalue weighted by Crippen LogP contribution is 2.42. The SMILES string of the molecule is O=C(N=Nc1c(O)n(CN2CCCC2)c2cccc(Cl)c12)c1ccc(OCc2ccc(Cl)cc2)cc1. The molecule has 1 aromatic heterocycles. The molecule has 1 fully saturated rings. The van der Waals surface area contributed by atoms with Crippen LogP contribution in [0.5, 0.6) is 11.6 Å². The van der Waals surface area contributed by atoms with Crippen molar-refractivity contribution in [3.8, 4) is 11.6 Å². The summed E-state index contributed by atoms with van der Waals surface area (Å²) < 4.78 is 7.53. The van der Waals surface area contributed by atoms with Gasteiger partial charge in [-0.3, -0.25) is 14.3 Å². The van der Waals surface area contributed by atoms with Crippen LogP contribution >= 0.6 is 23.2 Å². The van der Waals surface area contributed by atoms with Crippen molar-refractivity contribution in [2.75, 3.05) is 13.1 Å². The average molecular weight is 523 g/mol. The van der Waals surface area contributed by atoms with Crippen molar-refractivity contribution in [2.45, 2.75) is 26.1 Å². The number of benzene rings is 3. The van der Waals surface area contributed by atoms with Gasteiger partial charge in [-0.25, -0.2) is 0 Å². The van der Waals surface area contributed by atoms with Gasteiger partial charge in [-0.05, 0) is 80.0 Å². The number of halogens is 2. The molecule has 0 radical (unpaired) electrons. The monoisotopic (exact) mass is 522 g/mol. The third-order valence-electron chi connectivity index (χ3n) is 6.19. The van der Waals surface area contributed by atoms with Gasteiger partial charge in [0.05, 0.1) is 22.6 Å². The quantitative estimate of drug-likeness (QED) is 0.260. The molecule has 0 saturated carbocycles. The maximum Gasteiger partial charge on any atom is 0.295 e. The van der Waals surface area contributed by atoms with Crippen molar-refractivity contribution in [3.63, 3.8) is 0 Å². The molecule has 3 aromatic carbocycles. The first-order valence-electron chi connectivity index (χ1n) is 11.6. The second kappa shape index (κ2) is 10.7. The second-order valence-corrected chi connectivity index (χ2v) is 9.49. The topological polar surface area (TPSA) is 79.4 Å². The first-order chi connectivity index (χ1) is 17.5. The number of likely N-dealkylation sites (tertiary alicyclic amines) is 1. The molecule has 4 aromatic rings. The van der Waals surface area contributed by atoms with Crippen LogP contribution in [-0.4, -0.2) is 33.6 Å². The van der Waals surface area contributed by atoms with Gasteiger partial charge in [-0.2, -0.15) is 0 Å². The van der Waals surface area contributed by atoms with Crippen LogP contribution in [0.2, 0.25) is 10.0 Å². The molecule has 36 heavy (non-hydrogen) atoms. The number of carbonyl (C=O) groups excluding carboxylic acids is 1. The summed E-state index contributed by atoms with van der Waals surface area (Å²) in [5, 5.41) is 20.7. The predicted octanol–water partition coefficient (Wildman–Crippen LogP) is 7.21. The summed E-state index contributed by atoms with van der Waals surface area (Å²) in [5.41, 5.74) is 2.27. The van der Waals surface area contributed by atoms with Crippen molar-refractivity contribution >= 4 is 45.7 Å². The van der Waals surface area contributed by atoms with Crippen molar-refractivity contribution in [2.24, 2.45) is 10.2 Å². The van der Waals surface area contributed by atoms with Crippen LogP contribution in [0.4, 0.5) is 5.69 Å². The number of fused-ring (bicyclic) bond motifs is 1. The van der Waals surface area contributed by atoms with E-state index in [1.807, 2.05) is 36.4 Å². The summed E-state index contributed by atoms with van der Waals surface area (Å²) in [6, 6.07) is 19.5. The molecule has 0 aliphatic carbocycles. The first kappa shape index (κ1) is 24.3. The van der Waals surface area contributed by atoms with Crippen LogP contribution in [0.15, 0.2) is 77.0 Å². The molecule has 0 unspecified atom stereocenters. The fourth-order valence-corrected chi connectivity index (χ4v) is 4.67. The van der Waals surface area contributed by atoms with Crippen molar-refractivity contribution < 1.29 is 14.6 Å². The maximum atomic E-state index is 12.7.